The first-order chi connectivity index (χ1) is 11.9. The smallest absolute Gasteiger partial charge is 0.234 e. The molecule has 0 rings (SSSR count). The minimum absolute atomic E-state index is 5.28. The van der Waals surface area contributed by atoms with Crippen molar-refractivity contribution < 1.29 is 79.0 Å². The van der Waals surface area contributed by atoms with E-state index < -0.39 is 60.0 Å². The first kappa shape index (κ1) is 26.5. The molecule has 0 aliphatic heterocycles. The van der Waals surface area contributed by atoms with Crippen molar-refractivity contribution in [1.82, 2.24) is 0 Å². The minimum atomic E-state index is -8.17. The molecule has 0 aliphatic carbocycles. The lowest BCUT2D eigenvalue weighted by Crippen LogP contribution is -2.67. The number of allylic oxidation sites excluding steroid dienone is 2. The van der Waals surface area contributed by atoms with Crippen molar-refractivity contribution in [2.75, 3.05) is 0 Å². The number of rotatable bonds is 6. The fourth-order valence-corrected chi connectivity index (χ4v) is 1.41. The highest BCUT2D eigenvalue weighted by Gasteiger charge is 2.85. The lowest BCUT2D eigenvalue weighted by Gasteiger charge is -2.39. The lowest BCUT2D eigenvalue weighted by molar-refractivity contribution is -0.361. The highest BCUT2D eigenvalue weighted by atomic mass is 19.4. The van der Waals surface area contributed by atoms with E-state index >= 15 is 0 Å². The molecule has 28 heavy (non-hydrogen) atoms. The van der Waals surface area contributed by atoms with Crippen molar-refractivity contribution >= 4 is 0 Å². The SMILES string of the molecule is FC(=C(F)C(F)(C(F)(F)F)C(F)(F)C(F)(F)C(F)C(F)F)C(F)(F)C(F)(F)F. The standard InChI is InChI=1S/C10H2F18/c11-1(2(12)7(19,20)10(26,27)28)5(16,9(23,24)25)8(21,22)6(17,18)3(13)4(14)15/h3-4H. The van der Waals surface area contributed by atoms with Crippen molar-refractivity contribution in [3.05, 3.63) is 11.7 Å². The number of hydrogen-bond acceptors (Lipinski definition) is 0. The Bertz CT molecular complexity index is 592. The van der Waals surface area contributed by atoms with Crippen LogP contribution in [0, 0.1) is 0 Å². The van der Waals surface area contributed by atoms with E-state index in [0.29, 0.717) is 0 Å². The zero-order chi connectivity index (χ0) is 23.3. The lowest BCUT2D eigenvalue weighted by atomic mass is 9.87. The van der Waals surface area contributed by atoms with Gasteiger partial charge in [0.15, 0.2) is 5.83 Å². The van der Waals surface area contributed by atoms with Gasteiger partial charge in [0.2, 0.25) is 12.0 Å². The molecule has 0 aromatic carbocycles. The molecule has 168 valence electrons. The van der Waals surface area contributed by atoms with E-state index in [4.69, 9.17) is 0 Å². The normalized spacial score (nSPS) is 19.4. The molecule has 0 saturated carbocycles. The summed E-state index contributed by atoms with van der Waals surface area (Å²) in [6, 6.07) is 0. The van der Waals surface area contributed by atoms with Crippen LogP contribution in [-0.2, 0) is 0 Å². The molecule has 0 saturated heterocycles. The summed E-state index contributed by atoms with van der Waals surface area (Å²) in [5.74, 6) is -34.0. The van der Waals surface area contributed by atoms with Gasteiger partial charge in [0.25, 0.3) is 6.43 Å². The van der Waals surface area contributed by atoms with Crippen LogP contribution in [0.5, 0.6) is 0 Å². The topological polar surface area (TPSA) is 0 Å². The predicted molar refractivity (Wildman–Crippen MR) is 50.9 cm³/mol. The Morgan fingerprint density at radius 2 is 0.893 bits per heavy atom. The van der Waals surface area contributed by atoms with Crippen LogP contribution in [-0.4, -0.2) is 48.4 Å². The third kappa shape index (κ3) is 3.69. The van der Waals surface area contributed by atoms with Crippen molar-refractivity contribution in [2.45, 2.75) is 48.4 Å². The third-order valence-corrected chi connectivity index (χ3v) is 2.94. The van der Waals surface area contributed by atoms with Gasteiger partial charge in [-0.05, 0) is 0 Å². The third-order valence-electron chi connectivity index (χ3n) is 2.94. The molecule has 0 bridgehead atoms. The molecule has 0 N–H and O–H groups in total. The quantitative estimate of drug-likeness (QED) is 0.395. The fourth-order valence-electron chi connectivity index (χ4n) is 1.41. The maximum Gasteiger partial charge on any atom is 0.460 e. The fraction of sp³-hybridized carbons (Fsp3) is 0.800. The summed E-state index contributed by atoms with van der Waals surface area (Å²) < 4.78 is 226. The molecule has 0 amide bonds. The Morgan fingerprint density at radius 1 is 0.536 bits per heavy atom. The van der Waals surface area contributed by atoms with Crippen LogP contribution in [0.3, 0.4) is 0 Å². The van der Waals surface area contributed by atoms with Gasteiger partial charge >= 0.3 is 35.8 Å². The highest BCUT2D eigenvalue weighted by molar-refractivity contribution is 5.29. The number of alkyl halides is 16. The number of hydrogen-bond donors (Lipinski definition) is 0. The molecule has 0 aromatic rings. The minimum Gasteiger partial charge on any atom is -0.234 e. The average molecular weight is 464 g/mol. The molecular weight excluding hydrogens is 462 g/mol. The molecule has 0 nitrogen and oxygen atoms in total. The molecule has 0 aliphatic rings. The molecular formula is C10H2F18. The van der Waals surface area contributed by atoms with Gasteiger partial charge in [-0.3, -0.25) is 0 Å². The predicted octanol–water partition coefficient (Wildman–Crippen LogP) is 6.48. The second-order valence-corrected chi connectivity index (χ2v) is 4.79. The number of halogens is 18. The Hall–Kier alpha value is -1.52. The van der Waals surface area contributed by atoms with E-state index in [1.54, 1.807) is 0 Å². The van der Waals surface area contributed by atoms with E-state index in [-0.39, 0.29) is 0 Å². The van der Waals surface area contributed by atoms with Crippen LogP contribution < -0.4 is 0 Å². The van der Waals surface area contributed by atoms with Gasteiger partial charge in [-0.2, -0.15) is 52.7 Å². The monoisotopic (exact) mass is 464 g/mol. The van der Waals surface area contributed by atoms with Crippen molar-refractivity contribution in [3.63, 3.8) is 0 Å². The van der Waals surface area contributed by atoms with Crippen LogP contribution in [0.15, 0.2) is 11.7 Å². The first-order valence-corrected chi connectivity index (χ1v) is 5.86. The maximum absolute atomic E-state index is 13.6. The van der Waals surface area contributed by atoms with E-state index in [0.717, 1.165) is 0 Å². The highest BCUT2D eigenvalue weighted by Crippen LogP contribution is 2.59. The van der Waals surface area contributed by atoms with E-state index in [9.17, 15) is 79.0 Å². The van der Waals surface area contributed by atoms with E-state index in [1.807, 2.05) is 0 Å². The Balaban J connectivity index is 7.04. The molecule has 0 heterocycles. The molecule has 2 unspecified atom stereocenters. The van der Waals surface area contributed by atoms with Gasteiger partial charge < -0.3 is 0 Å². The van der Waals surface area contributed by atoms with Gasteiger partial charge in [-0.25, -0.2) is 26.3 Å². The second-order valence-electron chi connectivity index (χ2n) is 4.79. The maximum atomic E-state index is 13.6. The molecule has 0 spiro atoms. The second kappa shape index (κ2) is 7.07. The van der Waals surface area contributed by atoms with Gasteiger partial charge in [0.05, 0.1) is 0 Å². The van der Waals surface area contributed by atoms with Crippen LogP contribution >= 0.6 is 0 Å². The average Bonchev–Trinajstić information content (AvgIpc) is 2.48. The summed E-state index contributed by atoms with van der Waals surface area (Å²) in [5, 5.41) is 0. The van der Waals surface area contributed by atoms with Crippen molar-refractivity contribution in [2.24, 2.45) is 0 Å². The van der Waals surface area contributed by atoms with E-state index in [1.165, 1.54) is 0 Å². The van der Waals surface area contributed by atoms with Gasteiger partial charge in [-0.1, -0.05) is 0 Å². The largest absolute Gasteiger partial charge is 0.460 e. The van der Waals surface area contributed by atoms with Crippen LogP contribution in [0.25, 0.3) is 0 Å². The summed E-state index contributed by atoms with van der Waals surface area (Å²) in [6.45, 7) is 0. The summed E-state index contributed by atoms with van der Waals surface area (Å²) in [5.41, 5.74) is -8.11. The zero-order valence-corrected chi connectivity index (χ0v) is 12.0. The molecule has 18 heteroatoms. The van der Waals surface area contributed by atoms with Crippen molar-refractivity contribution in [3.8, 4) is 0 Å². The first-order valence-electron chi connectivity index (χ1n) is 5.86. The Labute approximate surface area is 140 Å². The summed E-state index contributed by atoms with van der Waals surface area (Å²) in [6.07, 6.45) is -26.4. The van der Waals surface area contributed by atoms with Crippen LogP contribution in [0.4, 0.5) is 79.0 Å². The molecule has 0 aromatic heterocycles. The van der Waals surface area contributed by atoms with Crippen LogP contribution in [0.1, 0.15) is 0 Å². The van der Waals surface area contributed by atoms with Crippen molar-refractivity contribution in [1.29, 1.82) is 0 Å². The van der Waals surface area contributed by atoms with Gasteiger partial charge in [0, 0.05) is 0 Å². The van der Waals surface area contributed by atoms with Gasteiger partial charge in [-0.15, -0.1) is 0 Å². The van der Waals surface area contributed by atoms with Gasteiger partial charge in [0.1, 0.15) is 0 Å². The summed E-state index contributed by atoms with van der Waals surface area (Å²) in [4.78, 5) is 0. The molecule has 0 radical (unpaired) electrons. The summed E-state index contributed by atoms with van der Waals surface area (Å²) >= 11 is 0. The molecule has 0 fully saturated rings. The zero-order valence-electron chi connectivity index (χ0n) is 12.0. The summed E-state index contributed by atoms with van der Waals surface area (Å²) in [7, 11) is 0. The Morgan fingerprint density at radius 3 is 1.14 bits per heavy atom. The van der Waals surface area contributed by atoms with Crippen LogP contribution in [0.2, 0.25) is 0 Å². The molecule has 2 atom stereocenters. The van der Waals surface area contributed by atoms with E-state index in [2.05, 4.69) is 0 Å². The Kier molecular flexibility index (Phi) is 6.68.